The lowest BCUT2D eigenvalue weighted by Crippen LogP contribution is -2.07. The van der Waals surface area contributed by atoms with E-state index in [4.69, 9.17) is 0 Å². The van der Waals surface area contributed by atoms with Crippen molar-refractivity contribution in [2.24, 2.45) is 0 Å². The van der Waals surface area contributed by atoms with E-state index in [0.29, 0.717) is 15.7 Å². The van der Waals surface area contributed by atoms with E-state index in [1.807, 2.05) is 43.3 Å². The fraction of sp³-hybridized carbons (Fsp3) is 0.235. The number of anilines is 2. The molecule has 0 unspecified atom stereocenters. The van der Waals surface area contributed by atoms with Crippen molar-refractivity contribution in [3.8, 4) is 0 Å². The molecular formula is C17H19N3O2S. The Morgan fingerprint density at radius 1 is 1.22 bits per heavy atom. The molecule has 0 saturated carbocycles. The number of nitrogens with one attached hydrogen (secondary N) is 1. The highest BCUT2D eigenvalue weighted by molar-refractivity contribution is 7.17. The first kappa shape index (κ1) is 16.9. The van der Waals surface area contributed by atoms with Crippen LogP contribution in [0, 0.1) is 6.92 Å². The van der Waals surface area contributed by atoms with Crippen LogP contribution >= 0.6 is 11.3 Å². The standard InChI is InChI=1S/C17H19N3O2S/c1-11-16(23-17(18-11)19-12(2)21)15(22)10-7-13-5-8-14(9-6-13)20(3)4/h5-10H,1-4H3,(H,18,19,21). The first-order valence-corrected chi connectivity index (χ1v) is 7.93. The summed E-state index contributed by atoms with van der Waals surface area (Å²) in [4.78, 5) is 30.1. The van der Waals surface area contributed by atoms with Crippen molar-refractivity contribution in [2.75, 3.05) is 24.3 Å². The van der Waals surface area contributed by atoms with Gasteiger partial charge in [-0.2, -0.15) is 0 Å². The molecule has 0 fully saturated rings. The molecule has 1 amide bonds. The first-order chi connectivity index (χ1) is 10.9. The van der Waals surface area contributed by atoms with Gasteiger partial charge in [0.05, 0.1) is 10.6 Å². The minimum absolute atomic E-state index is 0.117. The highest BCUT2D eigenvalue weighted by Gasteiger charge is 2.13. The summed E-state index contributed by atoms with van der Waals surface area (Å²) in [7, 11) is 3.96. The van der Waals surface area contributed by atoms with Gasteiger partial charge in [-0.15, -0.1) is 0 Å². The lowest BCUT2D eigenvalue weighted by atomic mass is 10.1. The van der Waals surface area contributed by atoms with Gasteiger partial charge in [-0.05, 0) is 30.7 Å². The van der Waals surface area contributed by atoms with Crippen LogP contribution < -0.4 is 10.2 Å². The molecular weight excluding hydrogens is 310 g/mol. The second-order valence-corrected chi connectivity index (χ2v) is 6.30. The Morgan fingerprint density at radius 2 is 1.87 bits per heavy atom. The zero-order valence-electron chi connectivity index (χ0n) is 13.6. The van der Waals surface area contributed by atoms with Crippen molar-refractivity contribution >= 4 is 39.9 Å². The van der Waals surface area contributed by atoms with Gasteiger partial charge in [0.15, 0.2) is 10.9 Å². The molecule has 0 saturated heterocycles. The van der Waals surface area contributed by atoms with Gasteiger partial charge in [0.2, 0.25) is 5.91 Å². The molecule has 6 heteroatoms. The third-order valence-corrected chi connectivity index (χ3v) is 4.23. The molecule has 5 nitrogen and oxygen atoms in total. The van der Waals surface area contributed by atoms with Crippen molar-refractivity contribution in [1.29, 1.82) is 0 Å². The number of carbonyl (C=O) groups excluding carboxylic acids is 2. The number of rotatable bonds is 5. The molecule has 1 N–H and O–H groups in total. The number of amides is 1. The molecule has 0 aliphatic carbocycles. The number of hydrogen-bond acceptors (Lipinski definition) is 5. The molecule has 1 heterocycles. The summed E-state index contributed by atoms with van der Waals surface area (Å²) < 4.78 is 0. The van der Waals surface area contributed by atoms with Crippen molar-refractivity contribution < 1.29 is 9.59 Å². The summed E-state index contributed by atoms with van der Waals surface area (Å²) >= 11 is 1.19. The van der Waals surface area contributed by atoms with E-state index in [1.165, 1.54) is 24.3 Å². The van der Waals surface area contributed by atoms with Crippen LogP contribution in [0.1, 0.15) is 27.9 Å². The minimum atomic E-state index is -0.200. The largest absolute Gasteiger partial charge is 0.378 e. The molecule has 0 spiro atoms. The number of benzene rings is 1. The van der Waals surface area contributed by atoms with E-state index in [9.17, 15) is 9.59 Å². The van der Waals surface area contributed by atoms with E-state index >= 15 is 0 Å². The van der Waals surface area contributed by atoms with Crippen LogP contribution in [-0.2, 0) is 4.79 Å². The third kappa shape index (κ3) is 4.50. The van der Waals surface area contributed by atoms with E-state index in [0.717, 1.165) is 11.3 Å². The minimum Gasteiger partial charge on any atom is -0.378 e. The van der Waals surface area contributed by atoms with E-state index in [-0.39, 0.29) is 11.7 Å². The number of aromatic nitrogens is 1. The molecule has 0 aliphatic rings. The summed E-state index contributed by atoms with van der Waals surface area (Å²) in [6.07, 6.45) is 3.31. The molecule has 0 radical (unpaired) electrons. The first-order valence-electron chi connectivity index (χ1n) is 7.11. The summed E-state index contributed by atoms with van der Waals surface area (Å²) in [5.74, 6) is -0.317. The normalized spacial score (nSPS) is 10.8. The van der Waals surface area contributed by atoms with E-state index < -0.39 is 0 Å². The molecule has 0 aliphatic heterocycles. The quantitative estimate of drug-likeness (QED) is 0.675. The van der Waals surface area contributed by atoms with Crippen molar-refractivity contribution in [2.45, 2.75) is 13.8 Å². The average Bonchev–Trinajstić information content (AvgIpc) is 2.85. The summed E-state index contributed by atoms with van der Waals surface area (Å²) in [6, 6.07) is 7.91. The van der Waals surface area contributed by atoms with Crippen LogP contribution in [-0.4, -0.2) is 30.8 Å². The van der Waals surface area contributed by atoms with Crippen LogP contribution in [0.25, 0.3) is 6.08 Å². The number of ketones is 1. The van der Waals surface area contributed by atoms with Crippen LogP contribution in [0.3, 0.4) is 0 Å². The topological polar surface area (TPSA) is 62.3 Å². The number of carbonyl (C=O) groups is 2. The molecule has 2 rings (SSSR count). The van der Waals surface area contributed by atoms with Gasteiger partial charge >= 0.3 is 0 Å². The van der Waals surface area contributed by atoms with Gasteiger partial charge in [0.1, 0.15) is 0 Å². The Kier molecular flexibility index (Phi) is 5.28. The van der Waals surface area contributed by atoms with Crippen molar-refractivity contribution in [3.63, 3.8) is 0 Å². The van der Waals surface area contributed by atoms with Crippen LogP contribution in [0.5, 0.6) is 0 Å². The Labute approximate surface area is 139 Å². The molecule has 0 atom stereocenters. The Hall–Kier alpha value is -2.47. The second-order valence-electron chi connectivity index (χ2n) is 5.30. The van der Waals surface area contributed by atoms with Gasteiger partial charge < -0.3 is 10.2 Å². The Morgan fingerprint density at radius 3 is 2.43 bits per heavy atom. The zero-order chi connectivity index (χ0) is 17.0. The summed E-state index contributed by atoms with van der Waals surface area (Å²) in [5, 5.41) is 3.05. The maximum atomic E-state index is 12.3. The third-order valence-electron chi connectivity index (χ3n) is 3.14. The van der Waals surface area contributed by atoms with Gasteiger partial charge in [-0.25, -0.2) is 4.98 Å². The summed E-state index contributed by atoms with van der Waals surface area (Å²) in [5.41, 5.74) is 2.68. The fourth-order valence-electron chi connectivity index (χ4n) is 1.96. The highest BCUT2D eigenvalue weighted by Crippen LogP contribution is 2.23. The molecule has 0 bridgehead atoms. The lowest BCUT2D eigenvalue weighted by molar-refractivity contribution is -0.114. The maximum absolute atomic E-state index is 12.3. The van der Waals surface area contributed by atoms with Crippen LogP contribution in [0.2, 0.25) is 0 Å². The van der Waals surface area contributed by atoms with Gasteiger partial charge in [0, 0.05) is 26.7 Å². The molecule has 1 aromatic heterocycles. The number of hydrogen-bond donors (Lipinski definition) is 1. The molecule has 2 aromatic rings. The van der Waals surface area contributed by atoms with Crippen molar-refractivity contribution in [1.82, 2.24) is 4.98 Å². The van der Waals surface area contributed by atoms with Crippen molar-refractivity contribution in [3.05, 3.63) is 46.5 Å². The molecule has 1 aromatic carbocycles. The smallest absolute Gasteiger partial charge is 0.223 e. The van der Waals surface area contributed by atoms with Crippen LogP contribution in [0.15, 0.2) is 30.3 Å². The SMILES string of the molecule is CC(=O)Nc1nc(C)c(C(=O)C=Cc2ccc(N(C)C)cc2)s1. The number of thiazole rings is 1. The predicted molar refractivity (Wildman–Crippen MR) is 95.3 cm³/mol. The van der Waals surface area contributed by atoms with Gasteiger partial charge in [-0.3, -0.25) is 9.59 Å². The monoisotopic (exact) mass is 329 g/mol. The van der Waals surface area contributed by atoms with E-state index in [1.54, 1.807) is 13.0 Å². The molecule has 23 heavy (non-hydrogen) atoms. The van der Waals surface area contributed by atoms with Crippen LogP contribution in [0.4, 0.5) is 10.8 Å². The lowest BCUT2D eigenvalue weighted by Gasteiger charge is -2.11. The van der Waals surface area contributed by atoms with E-state index in [2.05, 4.69) is 10.3 Å². The maximum Gasteiger partial charge on any atom is 0.223 e. The van der Waals surface area contributed by atoms with Gasteiger partial charge in [0.25, 0.3) is 0 Å². The number of allylic oxidation sites excluding steroid dienone is 1. The predicted octanol–water partition coefficient (Wildman–Crippen LogP) is 3.37. The number of nitrogens with zero attached hydrogens (tertiary/aromatic N) is 2. The molecule has 120 valence electrons. The average molecular weight is 329 g/mol. The second kappa shape index (κ2) is 7.19. The Balaban J connectivity index is 2.12. The zero-order valence-corrected chi connectivity index (χ0v) is 14.4. The highest BCUT2D eigenvalue weighted by atomic mass is 32.1. The Bertz CT molecular complexity index is 746. The van der Waals surface area contributed by atoms with Gasteiger partial charge in [-0.1, -0.05) is 29.5 Å². The fourth-order valence-corrected chi connectivity index (χ4v) is 2.89. The summed E-state index contributed by atoms with van der Waals surface area (Å²) in [6.45, 7) is 3.17. The number of aryl methyl sites for hydroxylation is 1.